The number of piperazine rings is 1. The van der Waals surface area contributed by atoms with Crippen molar-refractivity contribution < 1.29 is 19.2 Å². The van der Waals surface area contributed by atoms with Gasteiger partial charge in [0, 0.05) is 26.2 Å². The Morgan fingerprint density at radius 1 is 1.13 bits per heavy atom. The molecule has 3 rings (SSSR count). The lowest BCUT2D eigenvalue weighted by molar-refractivity contribution is -0.384. The zero-order valence-corrected chi connectivity index (χ0v) is 17.7. The molecule has 9 heteroatoms. The highest BCUT2D eigenvalue weighted by Gasteiger charge is 2.24. The number of hydrogen-bond acceptors (Lipinski definition) is 6. The fraction of sp³-hybridized carbons (Fsp3) is 0.364. The van der Waals surface area contributed by atoms with Crippen LogP contribution >= 0.6 is 0 Å². The van der Waals surface area contributed by atoms with E-state index in [1.165, 1.54) is 19.2 Å². The summed E-state index contributed by atoms with van der Waals surface area (Å²) in [5, 5.41) is 13.9. The van der Waals surface area contributed by atoms with Crippen molar-refractivity contribution in [2.45, 2.75) is 13.3 Å². The topological polar surface area (TPSA) is 105 Å². The quantitative estimate of drug-likeness (QED) is 0.538. The first-order chi connectivity index (χ1) is 14.9. The normalized spacial score (nSPS) is 14.2. The van der Waals surface area contributed by atoms with Crippen LogP contribution in [0.1, 0.15) is 11.1 Å². The number of benzene rings is 2. The third-order valence-electron chi connectivity index (χ3n) is 5.37. The molecule has 0 aromatic heterocycles. The molecule has 1 aliphatic rings. The summed E-state index contributed by atoms with van der Waals surface area (Å²) in [6.45, 7) is 4.31. The molecule has 0 aliphatic carbocycles. The molecule has 2 aromatic carbocycles. The Kier molecular flexibility index (Phi) is 7.19. The predicted molar refractivity (Wildman–Crippen MR) is 116 cm³/mol. The number of carbonyl (C=O) groups is 2. The van der Waals surface area contributed by atoms with Crippen LogP contribution in [0.5, 0.6) is 5.75 Å². The van der Waals surface area contributed by atoms with Crippen LogP contribution in [0.2, 0.25) is 0 Å². The van der Waals surface area contributed by atoms with Crippen LogP contribution < -0.4 is 10.1 Å². The van der Waals surface area contributed by atoms with Gasteiger partial charge < -0.3 is 15.0 Å². The van der Waals surface area contributed by atoms with E-state index in [1.807, 2.05) is 41.0 Å². The number of methoxy groups -OCH3 is 1. The zero-order chi connectivity index (χ0) is 22.4. The van der Waals surface area contributed by atoms with Gasteiger partial charge in [-0.25, -0.2) is 0 Å². The van der Waals surface area contributed by atoms with Crippen molar-refractivity contribution in [3.8, 4) is 5.75 Å². The maximum absolute atomic E-state index is 12.6. The van der Waals surface area contributed by atoms with Gasteiger partial charge in [0.15, 0.2) is 0 Å². The Labute approximate surface area is 180 Å². The van der Waals surface area contributed by atoms with Crippen molar-refractivity contribution in [1.82, 2.24) is 9.80 Å². The molecule has 164 valence electrons. The van der Waals surface area contributed by atoms with Crippen LogP contribution in [-0.4, -0.2) is 66.4 Å². The van der Waals surface area contributed by atoms with Crippen molar-refractivity contribution in [2.75, 3.05) is 45.2 Å². The summed E-state index contributed by atoms with van der Waals surface area (Å²) in [7, 11) is 1.42. The number of hydrogen-bond donors (Lipinski definition) is 1. The summed E-state index contributed by atoms with van der Waals surface area (Å²) in [5.74, 6) is 0.0800. The van der Waals surface area contributed by atoms with Crippen molar-refractivity contribution >= 4 is 23.2 Å². The first kappa shape index (κ1) is 22.2. The molecule has 0 unspecified atom stereocenters. The minimum absolute atomic E-state index is 0.0762. The SMILES string of the molecule is COc1ccc(NC(=O)CN2CCN(C(=O)Cc3ccccc3C)CC2)c([N+](=O)[O-])c1. The molecule has 0 radical (unpaired) electrons. The molecule has 31 heavy (non-hydrogen) atoms. The molecule has 1 N–H and O–H groups in total. The summed E-state index contributed by atoms with van der Waals surface area (Å²) in [6, 6.07) is 12.1. The third kappa shape index (κ3) is 5.79. The van der Waals surface area contributed by atoms with E-state index in [0.717, 1.165) is 11.1 Å². The van der Waals surface area contributed by atoms with Gasteiger partial charge in [0.25, 0.3) is 5.69 Å². The molecule has 9 nitrogen and oxygen atoms in total. The number of nitrogens with one attached hydrogen (secondary N) is 1. The summed E-state index contributed by atoms with van der Waals surface area (Å²) < 4.78 is 5.00. The highest BCUT2D eigenvalue weighted by molar-refractivity contribution is 5.94. The highest BCUT2D eigenvalue weighted by atomic mass is 16.6. The van der Waals surface area contributed by atoms with Crippen molar-refractivity contribution in [3.05, 3.63) is 63.7 Å². The summed E-state index contributed by atoms with van der Waals surface area (Å²) in [6.07, 6.45) is 0.369. The summed E-state index contributed by atoms with van der Waals surface area (Å²) >= 11 is 0. The second-order valence-electron chi connectivity index (χ2n) is 7.45. The summed E-state index contributed by atoms with van der Waals surface area (Å²) in [5.41, 5.74) is 2.02. The largest absolute Gasteiger partial charge is 0.496 e. The molecule has 1 heterocycles. The van der Waals surface area contributed by atoms with Gasteiger partial charge in [-0.3, -0.25) is 24.6 Å². The lowest BCUT2D eigenvalue weighted by Gasteiger charge is -2.34. The zero-order valence-electron chi connectivity index (χ0n) is 17.7. The predicted octanol–water partition coefficient (Wildman–Crippen LogP) is 2.24. The van der Waals surface area contributed by atoms with Crippen LogP contribution in [-0.2, 0) is 16.0 Å². The number of nitrogens with zero attached hydrogens (tertiary/aromatic N) is 3. The van der Waals surface area contributed by atoms with Gasteiger partial charge >= 0.3 is 0 Å². The smallest absolute Gasteiger partial charge is 0.296 e. The maximum Gasteiger partial charge on any atom is 0.296 e. The van der Waals surface area contributed by atoms with Gasteiger partial charge in [-0.05, 0) is 30.2 Å². The fourth-order valence-corrected chi connectivity index (χ4v) is 3.53. The van der Waals surface area contributed by atoms with E-state index in [2.05, 4.69) is 5.32 Å². The van der Waals surface area contributed by atoms with E-state index in [1.54, 1.807) is 6.07 Å². The second kappa shape index (κ2) is 10.0. The molecule has 2 aromatic rings. The van der Waals surface area contributed by atoms with Crippen molar-refractivity contribution in [3.63, 3.8) is 0 Å². The molecule has 0 spiro atoms. The molecule has 0 saturated carbocycles. The number of rotatable bonds is 7. The molecule has 0 atom stereocenters. The van der Waals surface area contributed by atoms with Crippen molar-refractivity contribution in [2.24, 2.45) is 0 Å². The number of nitro benzene ring substituents is 1. The van der Waals surface area contributed by atoms with E-state index in [9.17, 15) is 19.7 Å². The Hall–Kier alpha value is -3.46. The number of anilines is 1. The van der Waals surface area contributed by atoms with E-state index in [4.69, 9.17) is 4.74 Å². The average molecular weight is 426 g/mol. The van der Waals surface area contributed by atoms with Gasteiger partial charge in [-0.1, -0.05) is 24.3 Å². The standard InChI is InChI=1S/C22H26N4O5/c1-16-5-3-4-6-17(16)13-22(28)25-11-9-24(10-12-25)15-21(27)23-19-8-7-18(31-2)14-20(19)26(29)30/h3-8,14H,9-13,15H2,1-2H3,(H,23,27). The van der Waals surface area contributed by atoms with Crippen LogP contribution in [0, 0.1) is 17.0 Å². The molecule has 1 saturated heterocycles. The minimum Gasteiger partial charge on any atom is -0.496 e. The Morgan fingerprint density at radius 3 is 2.48 bits per heavy atom. The highest BCUT2D eigenvalue weighted by Crippen LogP contribution is 2.28. The fourth-order valence-electron chi connectivity index (χ4n) is 3.53. The number of carbonyl (C=O) groups excluding carboxylic acids is 2. The van der Waals surface area contributed by atoms with Gasteiger partial charge in [0.2, 0.25) is 11.8 Å². The first-order valence-electron chi connectivity index (χ1n) is 10.0. The lowest BCUT2D eigenvalue weighted by Crippen LogP contribution is -2.50. The van der Waals surface area contributed by atoms with Crippen LogP contribution in [0.25, 0.3) is 0 Å². The lowest BCUT2D eigenvalue weighted by atomic mass is 10.1. The van der Waals surface area contributed by atoms with E-state index < -0.39 is 4.92 Å². The average Bonchev–Trinajstić information content (AvgIpc) is 2.76. The van der Waals surface area contributed by atoms with Crippen LogP contribution in [0.15, 0.2) is 42.5 Å². The molecule has 0 bridgehead atoms. The Morgan fingerprint density at radius 2 is 1.84 bits per heavy atom. The van der Waals surface area contributed by atoms with Gasteiger partial charge in [-0.2, -0.15) is 0 Å². The van der Waals surface area contributed by atoms with Crippen molar-refractivity contribution in [1.29, 1.82) is 0 Å². The molecular weight excluding hydrogens is 400 g/mol. The van der Waals surface area contributed by atoms with Gasteiger partial charge in [0.1, 0.15) is 11.4 Å². The number of nitro groups is 1. The van der Waals surface area contributed by atoms with Crippen LogP contribution in [0.3, 0.4) is 0 Å². The minimum atomic E-state index is -0.559. The molecule has 1 fully saturated rings. The second-order valence-corrected chi connectivity index (χ2v) is 7.45. The monoisotopic (exact) mass is 426 g/mol. The number of ether oxygens (including phenoxy) is 1. The number of amides is 2. The van der Waals surface area contributed by atoms with E-state index in [-0.39, 0.29) is 29.7 Å². The summed E-state index contributed by atoms with van der Waals surface area (Å²) in [4.78, 5) is 39.5. The number of aryl methyl sites for hydroxylation is 1. The van der Waals surface area contributed by atoms with Gasteiger partial charge in [0.05, 0.1) is 31.1 Å². The van der Waals surface area contributed by atoms with E-state index >= 15 is 0 Å². The molecule has 1 aliphatic heterocycles. The molecule has 2 amide bonds. The Bertz CT molecular complexity index is 970. The molecular formula is C22H26N4O5. The van der Waals surface area contributed by atoms with E-state index in [0.29, 0.717) is 38.3 Å². The Balaban J connectivity index is 1.51. The third-order valence-corrected chi connectivity index (χ3v) is 5.37. The maximum atomic E-state index is 12.6. The van der Waals surface area contributed by atoms with Crippen LogP contribution in [0.4, 0.5) is 11.4 Å². The van der Waals surface area contributed by atoms with Gasteiger partial charge in [-0.15, -0.1) is 0 Å². The first-order valence-corrected chi connectivity index (χ1v) is 10.0.